The van der Waals surface area contributed by atoms with Crippen molar-refractivity contribution >= 4 is 17.9 Å². The number of anilines is 1. The summed E-state index contributed by atoms with van der Waals surface area (Å²) in [6.07, 6.45) is 0.740. The second-order valence-corrected chi connectivity index (χ2v) is 4.13. The molecule has 0 spiro atoms. The number of benzene rings is 2. The lowest BCUT2D eigenvalue weighted by Crippen LogP contribution is -2.13. The van der Waals surface area contributed by atoms with Crippen molar-refractivity contribution in [1.29, 1.82) is 0 Å². The first-order valence-electron chi connectivity index (χ1n) is 6.33. The number of ether oxygens (including phenoxy) is 1. The van der Waals surface area contributed by atoms with Gasteiger partial charge >= 0.3 is 0 Å². The van der Waals surface area contributed by atoms with E-state index in [0.29, 0.717) is 29.2 Å². The Morgan fingerprint density at radius 2 is 2.00 bits per heavy atom. The van der Waals surface area contributed by atoms with Crippen LogP contribution in [-0.2, 0) is 0 Å². The smallest absolute Gasteiger partial charge is 0.259 e. The zero-order valence-electron chi connectivity index (χ0n) is 11.1. The third-order valence-electron chi connectivity index (χ3n) is 2.71. The minimum Gasteiger partial charge on any atom is -0.493 e. The van der Waals surface area contributed by atoms with Crippen molar-refractivity contribution in [3.63, 3.8) is 0 Å². The Kier molecular flexibility index (Phi) is 4.50. The predicted octanol–water partition coefficient (Wildman–Crippen LogP) is 3.15. The van der Waals surface area contributed by atoms with Crippen LogP contribution >= 0.6 is 0 Å². The molecule has 0 saturated heterocycles. The first-order valence-corrected chi connectivity index (χ1v) is 6.33. The standard InChI is InChI=1S/C16H15NO3/c1-2-20-15-9-4-3-8-14(15)16(19)17-13-7-5-6-12(10-13)11-18/h3-11H,2H2,1H3,(H,17,19). The highest BCUT2D eigenvalue weighted by atomic mass is 16.5. The van der Waals surface area contributed by atoms with E-state index in [1.807, 2.05) is 13.0 Å². The molecule has 4 nitrogen and oxygen atoms in total. The Balaban J connectivity index is 2.21. The Morgan fingerprint density at radius 1 is 1.20 bits per heavy atom. The van der Waals surface area contributed by atoms with Crippen molar-refractivity contribution in [2.45, 2.75) is 6.92 Å². The SMILES string of the molecule is CCOc1ccccc1C(=O)Nc1cccc(C=O)c1. The molecule has 20 heavy (non-hydrogen) atoms. The Labute approximate surface area is 117 Å². The molecule has 102 valence electrons. The maximum atomic E-state index is 12.2. The lowest BCUT2D eigenvalue weighted by molar-refractivity contribution is 0.102. The average molecular weight is 269 g/mol. The van der Waals surface area contributed by atoms with Crippen LogP contribution in [0.4, 0.5) is 5.69 Å². The molecule has 0 atom stereocenters. The van der Waals surface area contributed by atoms with Crippen molar-refractivity contribution < 1.29 is 14.3 Å². The summed E-state index contributed by atoms with van der Waals surface area (Å²) in [7, 11) is 0. The fourth-order valence-electron chi connectivity index (χ4n) is 1.82. The van der Waals surface area contributed by atoms with Crippen LogP contribution in [0.1, 0.15) is 27.6 Å². The monoisotopic (exact) mass is 269 g/mol. The highest BCUT2D eigenvalue weighted by Crippen LogP contribution is 2.20. The van der Waals surface area contributed by atoms with Crippen LogP contribution in [0, 0.1) is 0 Å². The third kappa shape index (κ3) is 3.23. The molecule has 0 heterocycles. The highest BCUT2D eigenvalue weighted by Gasteiger charge is 2.12. The van der Waals surface area contributed by atoms with E-state index in [9.17, 15) is 9.59 Å². The minimum absolute atomic E-state index is 0.267. The molecule has 0 aliphatic carbocycles. The Hall–Kier alpha value is -2.62. The van der Waals surface area contributed by atoms with Crippen LogP contribution in [0.2, 0.25) is 0 Å². The summed E-state index contributed by atoms with van der Waals surface area (Å²) in [5, 5.41) is 2.75. The summed E-state index contributed by atoms with van der Waals surface area (Å²) >= 11 is 0. The van der Waals surface area contributed by atoms with Gasteiger partial charge in [-0.3, -0.25) is 9.59 Å². The van der Waals surface area contributed by atoms with Crippen molar-refractivity contribution in [3.05, 3.63) is 59.7 Å². The molecule has 2 aromatic rings. The summed E-state index contributed by atoms with van der Waals surface area (Å²) in [5.41, 5.74) is 1.55. The minimum atomic E-state index is -0.267. The first-order chi connectivity index (χ1) is 9.74. The van der Waals surface area contributed by atoms with Crippen molar-refractivity contribution in [2.24, 2.45) is 0 Å². The number of para-hydroxylation sites is 1. The van der Waals surface area contributed by atoms with Gasteiger partial charge < -0.3 is 10.1 Å². The van der Waals surface area contributed by atoms with Crippen LogP contribution in [0.3, 0.4) is 0 Å². The molecule has 0 aromatic heterocycles. The average Bonchev–Trinajstić information content (AvgIpc) is 2.48. The van der Waals surface area contributed by atoms with E-state index in [1.165, 1.54) is 0 Å². The van der Waals surface area contributed by atoms with Gasteiger partial charge in [-0.1, -0.05) is 24.3 Å². The number of rotatable bonds is 5. The molecule has 0 bridgehead atoms. The maximum absolute atomic E-state index is 12.2. The Bertz CT molecular complexity index is 623. The fraction of sp³-hybridized carbons (Fsp3) is 0.125. The van der Waals surface area contributed by atoms with Gasteiger partial charge in [0.2, 0.25) is 0 Å². The molecule has 2 rings (SSSR count). The molecule has 4 heteroatoms. The van der Waals surface area contributed by atoms with E-state index < -0.39 is 0 Å². The zero-order valence-corrected chi connectivity index (χ0v) is 11.1. The van der Waals surface area contributed by atoms with Gasteiger partial charge in [0, 0.05) is 11.3 Å². The molecule has 1 N–H and O–H groups in total. The summed E-state index contributed by atoms with van der Waals surface area (Å²) in [6.45, 7) is 2.35. The third-order valence-corrected chi connectivity index (χ3v) is 2.71. The first kappa shape index (κ1) is 13.8. The van der Waals surface area contributed by atoms with Gasteiger partial charge in [0.05, 0.1) is 12.2 Å². The van der Waals surface area contributed by atoms with E-state index in [0.717, 1.165) is 6.29 Å². The second kappa shape index (κ2) is 6.52. The number of aldehydes is 1. The van der Waals surface area contributed by atoms with Crippen LogP contribution in [0.25, 0.3) is 0 Å². The summed E-state index contributed by atoms with van der Waals surface area (Å²) in [6, 6.07) is 13.8. The van der Waals surface area contributed by atoms with Crippen molar-refractivity contribution in [2.75, 3.05) is 11.9 Å². The maximum Gasteiger partial charge on any atom is 0.259 e. The Morgan fingerprint density at radius 3 is 2.75 bits per heavy atom. The summed E-state index contributed by atoms with van der Waals surface area (Å²) in [4.78, 5) is 23.0. The van der Waals surface area contributed by atoms with Crippen LogP contribution in [0.15, 0.2) is 48.5 Å². The molecular weight excluding hydrogens is 254 g/mol. The number of hydrogen-bond donors (Lipinski definition) is 1. The highest BCUT2D eigenvalue weighted by molar-refractivity contribution is 6.06. The fourth-order valence-corrected chi connectivity index (χ4v) is 1.82. The van der Waals surface area contributed by atoms with Gasteiger partial charge in [-0.05, 0) is 31.2 Å². The molecule has 0 saturated carbocycles. The van der Waals surface area contributed by atoms with E-state index in [4.69, 9.17) is 4.74 Å². The van der Waals surface area contributed by atoms with E-state index >= 15 is 0 Å². The lowest BCUT2D eigenvalue weighted by atomic mass is 10.1. The largest absolute Gasteiger partial charge is 0.493 e. The molecule has 0 radical (unpaired) electrons. The van der Waals surface area contributed by atoms with Gasteiger partial charge in [-0.15, -0.1) is 0 Å². The topological polar surface area (TPSA) is 55.4 Å². The van der Waals surface area contributed by atoms with Gasteiger partial charge in [0.15, 0.2) is 0 Å². The molecular formula is C16H15NO3. The molecule has 0 fully saturated rings. The number of amides is 1. The van der Waals surface area contributed by atoms with E-state index in [-0.39, 0.29) is 5.91 Å². The van der Waals surface area contributed by atoms with E-state index in [2.05, 4.69) is 5.32 Å². The van der Waals surface area contributed by atoms with Gasteiger partial charge in [0.25, 0.3) is 5.91 Å². The summed E-state index contributed by atoms with van der Waals surface area (Å²) < 4.78 is 5.42. The normalized spacial score (nSPS) is 9.85. The molecule has 0 aliphatic heterocycles. The predicted molar refractivity (Wildman–Crippen MR) is 77.4 cm³/mol. The zero-order chi connectivity index (χ0) is 14.4. The van der Waals surface area contributed by atoms with Crippen LogP contribution in [0.5, 0.6) is 5.75 Å². The number of nitrogens with one attached hydrogen (secondary N) is 1. The van der Waals surface area contributed by atoms with E-state index in [1.54, 1.807) is 42.5 Å². The molecule has 2 aromatic carbocycles. The van der Waals surface area contributed by atoms with Gasteiger partial charge in [-0.2, -0.15) is 0 Å². The number of carbonyl (C=O) groups excluding carboxylic acids is 2. The van der Waals surface area contributed by atoms with Gasteiger partial charge in [-0.25, -0.2) is 0 Å². The lowest BCUT2D eigenvalue weighted by Gasteiger charge is -2.10. The van der Waals surface area contributed by atoms with Crippen molar-refractivity contribution in [1.82, 2.24) is 0 Å². The second-order valence-electron chi connectivity index (χ2n) is 4.13. The molecule has 1 amide bonds. The van der Waals surface area contributed by atoms with Gasteiger partial charge in [0.1, 0.15) is 12.0 Å². The number of carbonyl (C=O) groups is 2. The van der Waals surface area contributed by atoms with Crippen molar-refractivity contribution in [3.8, 4) is 5.75 Å². The number of hydrogen-bond acceptors (Lipinski definition) is 3. The van der Waals surface area contributed by atoms with Crippen LogP contribution < -0.4 is 10.1 Å². The quantitative estimate of drug-likeness (QED) is 0.848. The van der Waals surface area contributed by atoms with Crippen LogP contribution in [-0.4, -0.2) is 18.8 Å². The molecule has 0 unspecified atom stereocenters. The summed E-state index contributed by atoms with van der Waals surface area (Å²) in [5.74, 6) is 0.274. The molecule has 0 aliphatic rings.